The number of ether oxygens (including phenoxy) is 3. The summed E-state index contributed by atoms with van der Waals surface area (Å²) in [6, 6.07) is 0. The van der Waals surface area contributed by atoms with E-state index in [4.69, 9.17) is 14.2 Å². The first-order valence-corrected chi connectivity index (χ1v) is 31.3. The fourth-order valence-corrected chi connectivity index (χ4v) is 9.73. The molecule has 0 rings (SSSR count). The first kappa shape index (κ1) is 67.4. The van der Waals surface area contributed by atoms with E-state index in [9.17, 15) is 14.4 Å². The zero-order chi connectivity index (χ0) is 50.4. The zero-order valence-corrected chi connectivity index (χ0v) is 47.5. The Morgan fingerprint density at radius 1 is 0.304 bits per heavy atom. The number of unbranched alkanes of at least 4 members (excludes halogenated alkanes) is 41. The number of hydrogen-bond acceptors (Lipinski definition) is 6. The molecule has 0 saturated carbocycles. The van der Waals surface area contributed by atoms with Crippen LogP contribution >= 0.6 is 0 Å². The van der Waals surface area contributed by atoms with Crippen LogP contribution in [0.1, 0.15) is 356 Å². The van der Waals surface area contributed by atoms with E-state index >= 15 is 0 Å². The molecule has 0 aromatic carbocycles. The molecular weight excluding hydrogens is 853 g/mol. The van der Waals surface area contributed by atoms with Gasteiger partial charge in [-0.15, -0.1) is 0 Å². The number of esters is 3. The number of carbonyl (C=O) groups excluding carboxylic acids is 3. The summed E-state index contributed by atoms with van der Waals surface area (Å²) in [6.45, 7) is 11.5. The number of hydrogen-bond donors (Lipinski definition) is 0. The zero-order valence-electron chi connectivity index (χ0n) is 47.5. The third kappa shape index (κ3) is 55.6. The number of rotatable bonds is 57. The molecule has 1 unspecified atom stereocenters. The average Bonchev–Trinajstić information content (AvgIpc) is 3.34. The first-order valence-electron chi connectivity index (χ1n) is 31.3. The second kappa shape index (κ2) is 55.7. The van der Waals surface area contributed by atoms with E-state index in [1.54, 1.807) is 0 Å². The van der Waals surface area contributed by atoms with Crippen molar-refractivity contribution < 1.29 is 28.6 Å². The van der Waals surface area contributed by atoms with Crippen molar-refractivity contribution >= 4 is 17.9 Å². The lowest BCUT2D eigenvalue weighted by Gasteiger charge is -2.18. The Morgan fingerprint density at radius 2 is 0.551 bits per heavy atom. The van der Waals surface area contributed by atoms with Gasteiger partial charge in [0, 0.05) is 19.3 Å². The second-order valence-electron chi connectivity index (χ2n) is 22.4. The Hall–Kier alpha value is -1.59. The molecule has 0 fully saturated rings. The highest BCUT2D eigenvalue weighted by Gasteiger charge is 2.19. The summed E-state index contributed by atoms with van der Waals surface area (Å²) in [6.07, 6.45) is 60.9. The molecule has 0 radical (unpaired) electrons. The highest BCUT2D eigenvalue weighted by molar-refractivity contribution is 5.71. The van der Waals surface area contributed by atoms with Crippen LogP contribution in [-0.2, 0) is 28.6 Å². The summed E-state index contributed by atoms with van der Waals surface area (Å²) in [5.74, 6) is 0.916. The topological polar surface area (TPSA) is 78.9 Å². The van der Waals surface area contributed by atoms with Gasteiger partial charge in [-0.05, 0) is 31.1 Å². The third-order valence-electron chi connectivity index (χ3n) is 14.8. The Morgan fingerprint density at radius 3 is 0.826 bits per heavy atom. The third-order valence-corrected chi connectivity index (χ3v) is 14.8. The molecule has 2 atom stereocenters. The van der Waals surface area contributed by atoms with E-state index in [0.717, 1.165) is 69.6 Å². The highest BCUT2D eigenvalue weighted by atomic mass is 16.6. The summed E-state index contributed by atoms with van der Waals surface area (Å²) in [4.78, 5) is 38.2. The average molecular weight is 976 g/mol. The smallest absolute Gasteiger partial charge is 0.306 e. The van der Waals surface area contributed by atoms with Gasteiger partial charge >= 0.3 is 17.9 Å². The van der Waals surface area contributed by atoms with Crippen molar-refractivity contribution in [3.8, 4) is 0 Å². The minimum atomic E-state index is -0.763. The molecule has 69 heavy (non-hydrogen) atoms. The molecule has 0 N–H and O–H groups in total. The second-order valence-corrected chi connectivity index (χ2v) is 22.4. The van der Waals surface area contributed by atoms with Crippen molar-refractivity contribution in [1.29, 1.82) is 0 Å². The fraction of sp³-hybridized carbons (Fsp3) is 0.952. The molecule has 0 spiro atoms. The molecule has 0 bridgehead atoms. The van der Waals surface area contributed by atoms with E-state index in [-0.39, 0.29) is 31.1 Å². The lowest BCUT2D eigenvalue weighted by Crippen LogP contribution is -2.30. The Balaban J connectivity index is 4.23. The van der Waals surface area contributed by atoms with Gasteiger partial charge in [0.1, 0.15) is 13.2 Å². The molecular formula is C63H122O6. The maximum absolute atomic E-state index is 12.9. The van der Waals surface area contributed by atoms with Crippen LogP contribution < -0.4 is 0 Å². The minimum Gasteiger partial charge on any atom is -0.462 e. The van der Waals surface area contributed by atoms with Crippen LogP contribution in [0.2, 0.25) is 0 Å². The van der Waals surface area contributed by atoms with Crippen LogP contribution in [0.3, 0.4) is 0 Å². The maximum atomic E-state index is 12.9. The quantitative estimate of drug-likeness (QED) is 0.0343. The van der Waals surface area contributed by atoms with Crippen molar-refractivity contribution in [1.82, 2.24) is 0 Å². The molecule has 6 heteroatoms. The van der Waals surface area contributed by atoms with Gasteiger partial charge in [-0.3, -0.25) is 14.4 Å². The van der Waals surface area contributed by atoms with Gasteiger partial charge in [-0.25, -0.2) is 0 Å². The van der Waals surface area contributed by atoms with Crippen molar-refractivity contribution in [2.45, 2.75) is 362 Å². The Labute approximate surface area is 431 Å². The predicted octanol–water partition coefficient (Wildman–Crippen LogP) is 20.8. The van der Waals surface area contributed by atoms with Gasteiger partial charge in [-0.1, -0.05) is 317 Å². The molecule has 410 valence electrons. The molecule has 0 aliphatic rings. The van der Waals surface area contributed by atoms with Gasteiger partial charge < -0.3 is 14.2 Å². The monoisotopic (exact) mass is 975 g/mol. The van der Waals surface area contributed by atoms with Crippen LogP contribution in [0.25, 0.3) is 0 Å². The summed E-state index contributed by atoms with van der Waals surface area (Å²) >= 11 is 0. The van der Waals surface area contributed by atoms with Gasteiger partial charge in [0.2, 0.25) is 0 Å². The van der Waals surface area contributed by atoms with E-state index in [1.165, 1.54) is 244 Å². The summed E-state index contributed by atoms with van der Waals surface area (Å²) in [5.41, 5.74) is 0. The molecule has 6 nitrogen and oxygen atoms in total. The minimum absolute atomic E-state index is 0.0620. The molecule has 0 amide bonds. The lowest BCUT2D eigenvalue weighted by atomic mass is 9.99. The Kier molecular flexibility index (Phi) is 54.4. The Bertz CT molecular complexity index is 1060. The van der Waals surface area contributed by atoms with Crippen molar-refractivity contribution in [3.05, 3.63) is 0 Å². The maximum Gasteiger partial charge on any atom is 0.306 e. The molecule has 0 heterocycles. The summed E-state index contributed by atoms with van der Waals surface area (Å²) in [5, 5.41) is 0. The first-order chi connectivity index (χ1) is 33.8. The lowest BCUT2D eigenvalue weighted by molar-refractivity contribution is -0.167. The molecule has 0 aromatic rings. The predicted molar refractivity (Wildman–Crippen MR) is 298 cm³/mol. The van der Waals surface area contributed by atoms with Crippen molar-refractivity contribution in [2.24, 2.45) is 11.8 Å². The van der Waals surface area contributed by atoms with E-state index < -0.39 is 6.10 Å². The van der Waals surface area contributed by atoms with E-state index in [0.29, 0.717) is 19.3 Å². The fourth-order valence-electron chi connectivity index (χ4n) is 9.73. The highest BCUT2D eigenvalue weighted by Crippen LogP contribution is 2.19. The van der Waals surface area contributed by atoms with Crippen LogP contribution in [0.4, 0.5) is 0 Å². The normalized spacial score (nSPS) is 12.4. The van der Waals surface area contributed by atoms with Gasteiger partial charge in [0.15, 0.2) is 6.10 Å². The van der Waals surface area contributed by atoms with Crippen molar-refractivity contribution in [2.75, 3.05) is 13.2 Å². The van der Waals surface area contributed by atoms with Gasteiger partial charge in [0.05, 0.1) is 0 Å². The van der Waals surface area contributed by atoms with E-state index in [1.807, 2.05) is 0 Å². The summed E-state index contributed by atoms with van der Waals surface area (Å²) in [7, 11) is 0. The van der Waals surface area contributed by atoms with Crippen molar-refractivity contribution in [3.63, 3.8) is 0 Å². The van der Waals surface area contributed by atoms with Crippen LogP contribution in [-0.4, -0.2) is 37.2 Å². The molecule has 0 saturated heterocycles. The largest absolute Gasteiger partial charge is 0.462 e. The SMILES string of the molecule is CCCCCCCCCCCCCCCC(=O)O[C@@H](COC(=O)CCCCCCCCCCCCCCCCCCCCC(C)CC)COC(=O)CCCCCCCCCCCCCCCC(C)C. The van der Waals surface area contributed by atoms with Gasteiger partial charge in [0.25, 0.3) is 0 Å². The van der Waals surface area contributed by atoms with Gasteiger partial charge in [-0.2, -0.15) is 0 Å². The number of carbonyl (C=O) groups is 3. The summed E-state index contributed by atoms with van der Waals surface area (Å²) < 4.78 is 16.9. The van der Waals surface area contributed by atoms with Crippen LogP contribution in [0.5, 0.6) is 0 Å². The van der Waals surface area contributed by atoms with Crippen LogP contribution in [0, 0.1) is 11.8 Å². The van der Waals surface area contributed by atoms with Crippen LogP contribution in [0.15, 0.2) is 0 Å². The van der Waals surface area contributed by atoms with E-state index in [2.05, 4.69) is 34.6 Å². The molecule has 0 aromatic heterocycles. The standard InChI is InChI=1S/C63H122O6/c1-6-8-9-10-11-12-13-21-30-35-40-45-50-55-63(66)69-60(57-68-62(65)54-49-44-39-34-29-25-20-22-26-31-36-41-46-51-58(3)4)56-67-61(64)53-48-43-38-33-28-24-19-17-15-14-16-18-23-27-32-37-42-47-52-59(5)7-2/h58-60H,6-57H2,1-5H3/t59?,60-/m0/s1. The molecule has 0 aliphatic heterocycles. The molecule has 0 aliphatic carbocycles.